The molecule has 11 heteroatoms. The van der Waals surface area contributed by atoms with Crippen LogP contribution in [0.5, 0.6) is 0 Å². The van der Waals surface area contributed by atoms with E-state index in [2.05, 4.69) is 26.3 Å². The minimum absolute atomic E-state index is 0.0765. The van der Waals surface area contributed by atoms with Crippen LogP contribution in [0.25, 0.3) is 33.2 Å². The van der Waals surface area contributed by atoms with Crippen molar-refractivity contribution in [1.82, 2.24) is 25.6 Å². The zero-order chi connectivity index (χ0) is 31.9. The minimum Gasteiger partial charge on any atom is -0.455 e. The Bertz CT molecular complexity index is 1990. The van der Waals surface area contributed by atoms with Gasteiger partial charge < -0.3 is 14.5 Å². The van der Waals surface area contributed by atoms with Crippen LogP contribution in [0.4, 0.5) is 10.5 Å². The second kappa shape index (κ2) is 11.5. The first kappa shape index (κ1) is 30.3. The van der Waals surface area contributed by atoms with E-state index >= 15 is 0 Å². The third kappa shape index (κ3) is 6.26. The number of fused-ring (bicyclic) bond motifs is 2. The molecule has 0 aliphatic rings. The van der Waals surface area contributed by atoms with Gasteiger partial charge in [-0.1, -0.05) is 6.07 Å². The number of benzene rings is 2. The Morgan fingerprint density at radius 1 is 1.02 bits per heavy atom. The van der Waals surface area contributed by atoms with Crippen molar-refractivity contribution in [2.75, 3.05) is 5.32 Å². The number of nitrogens with one attached hydrogen (secondary N) is 3. The van der Waals surface area contributed by atoms with Crippen LogP contribution in [-0.2, 0) is 11.8 Å². The molecule has 44 heavy (non-hydrogen) atoms. The Kier molecular flexibility index (Phi) is 7.90. The predicted molar refractivity (Wildman–Crippen MR) is 170 cm³/mol. The van der Waals surface area contributed by atoms with Crippen LogP contribution in [0.3, 0.4) is 0 Å². The molecule has 2 aromatic carbocycles. The van der Waals surface area contributed by atoms with E-state index in [0.717, 1.165) is 27.6 Å². The van der Waals surface area contributed by atoms with Gasteiger partial charge in [-0.2, -0.15) is 5.10 Å². The Balaban J connectivity index is 1.51. The number of aryl methyl sites for hydroxylation is 3. The zero-order valence-corrected chi connectivity index (χ0v) is 26.1. The third-order valence-electron chi connectivity index (χ3n) is 7.04. The van der Waals surface area contributed by atoms with Crippen molar-refractivity contribution in [2.45, 2.75) is 60.1 Å². The van der Waals surface area contributed by atoms with Crippen molar-refractivity contribution in [3.05, 3.63) is 87.0 Å². The molecule has 0 bridgehead atoms. The summed E-state index contributed by atoms with van der Waals surface area (Å²) in [5.41, 5.74) is 9.10. The van der Waals surface area contributed by atoms with E-state index < -0.39 is 23.6 Å². The first-order valence-corrected chi connectivity index (χ1v) is 14.3. The van der Waals surface area contributed by atoms with Gasteiger partial charge >= 0.3 is 6.09 Å². The standard InChI is InChI=1S/C33H36N6O5/c1-17-13-23(20(4)35-26-11-9-18(2)34-27(26)31(41)36-37-32(42)44-33(5,6)7)30-24(14-17)28(40)19(3)29(43-30)21-10-12-25-22(15-21)16-39(8)38-25/h9-16,20,35H,1-8H3,(H,36,41)(H,37,42)/t20-/m1/s1. The van der Waals surface area contributed by atoms with Gasteiger partial charge in [-0.3, -0.25) is 19.7 Å². The van der Waals surface area contributed by atoms with Gasteiger partial charge in [0.15, 0.2) is 11.1 Å². The molecular weight excluding hydrogens is 560 g/mol. The van der Waals surface area contributed by atoms with Gasteiger partial charge in [0.05, 0.1) is 22.6 Å². The van der Waals surface area contributed by atoms with Crippen molar-refractivity contribution in [2.24, 2.45) is 7.05 Å². The molecule has 0 fully saturated rings. The number of aromatic nitrogens is 3. The predicted octanol–water partition coefficient (Wildman–Crippen LogP) is 6.01. The largest absolute Gasteiger partial charge is 0.455 e. The molecule has 0 spiro atoms. The fourth-order valence-corrected chi connectivity index (χ4v) is 5.08. The van der Waals surface area contributed by atoms with Crippen LogP contribution in [-0.4, -0.2) is 32.4 Å². The van der Waals surface area contributed by atoms with Crippen molar-refractivity contribution in [3.63, 3.8) is 0 Å². The van der Waals surface area contributed by atoms with Gasteiger partial charge in [0.2, 0.25) is 0 Å². The highest BCUT2D eigenvalue weighted by Gasteiger charge is 2.23. The van der Waals surface area contributed by atoms with E-state index in [1.165, 1.54) is 0 Å². The average molecular weight is 597 g/mol. The number of anilines is 1. The summed E-state index contributed by atoms with van der Waals surface area (Å²) in [6, 6.07) is 12.7. The minimum atomic E-state index is -0.795. The van der Waals surface area contributed by atoms with Gasteiger partial charge in [-0.25, -0.2) is 15.2 Å². The summed E-state index contributed by atoms with van der Waals surface area (Å²) >= 11 is 0. The first-order valence-electron chi connectivity index (χ1n) is 14.3. The Morgan fingerprint density at radius 3 is 2.50 bits per heavy atom. The fourth-order valence-electron chi connectivity index (χ4n) is 5.08. The summed E-state index contributed by atoms with van der Waals surface area (Å²) < 4.78 is 13.5. The van der Waals surface area contributed by atoms with Crippen LogP contribution in [0.15, 0.2) is 57.9 Å². The van der Waals surface area contributed by atoms with Crippen molar-refractivity contribution in [3.8, 4) is 11.3 Å². The Morgan fingerprint density at radius 2 is 1.77 bits per heavy atom. The number of hydrogen-bond acceptors (Lipinski definition) is 8. The second-order valence-corrected chi connectivity index (χ2v) is 12.0. The van der Waals surface area contributed by atoms with Gasteiger partial charge in [-0.05, 0) is 90.4 Å². The quantitative estimate of drug-likeness (QED) is 0.210. The fraction of sp³-hybridized carbons (Fsp3) is 0.303. The summed E-state index contributed by atoms with van der Waals surface area (Å²) in [4.78, 5) is 43.3. The molecule has 2 amide bonds. The Hall–Kier alpha value is -5.19. The number of ether oxygens (including phenoxy) is 1. The highest BCUT2D eigenvalue weighted by molar-refractivity contribution is 5.98. The normalized spacial score (nSPS) is 12.3. The number of hydrogen-bond donors (Lipinski definition) is 3. The molecule has 3 heterocycles. The Labute approximate surface area is 254 Å². The molecular formula is C33H36N6O5. The van der Waals surface area contributed by atoms with Crippen LogP contribution in [0, 0.1) is 20.8 Å². The van der Waals surface area contributed by atoms with E-state index in [-0.39, 0.29) is 11.1 Å². The second-order valence-electron chi connectivity index (χ2n) is 12.0. The topological polar surface area (TPSA) is 140 Å². The van der Waals surface area contributed by atoms with E-state index in [1.54, 1.807) is 51.4 Å². The van der Waals surface area contributed by atoms with Gasteiger partial charge in [0.25, 0.3) is 5.91 Å². The molecule has 3 N–H and O–H groups in total. The number of carbonyl (C=O) groups excluding carboxylic acids is 2. The number of rotatable bonds is 5. The highest BCUT2D eigenvalue weighted by atomic mass is 16.6. The van der Waals surface area contributed by atoms with Crippen LogP contribution < -0.4 is 21.6 Å². The lowest BCUT2D eigenvalue weighted by atomic mass is 9.98. The highest BCUT2D eigenvalue weighted by Crippen LogP contribution is 2.33. The molecule has 228 valence electrons. The molecule has 1 atom stereocenters. The number of nitrogens with zero attached hydrogens (tertiary/aromatic N) is 3. The summed E-state index contributed by atoms with van der Waals surface area (Å²) in [6.45, 7) is 12.5. The number of amides is 2. The molecule has 11 nitrogen and oxygen atoms in total. The van der Waals surface area contributed by atoms with Gasteiger partial charge in [0, 0.05) is 41.0 Å². The van der Waals surface area contributed by atoms with E-state index in [1.807, 2.05) is 57.4 Å². The van der Waals surface area contributed by atoms with Crippen molar-refractivity contribution in [1.29, 1.82) is 0 Å². The lowest BCUT2D eigenvalue weighted by molar-refractivity contribution is 0.0483. The molecule has 0 aliphatic heterocycles. The van der Waals surface area contributed by atoms with Crippen molar-refractivity contribution >= 4 is 39.6 Å². The monoisotopic (exact) mass is 596 g/mol. The lowest BCUT2D eigenvalue weighted by Gasteiger charge is -2.21. The molecule has 0 unspecified atom stereocenters. The molecule has 3 aromatic heterocycles. The zero-order valence-electron chi connectivity index (χ0n) is 26.1. The summed E-state index contributed by atoms with van der Waals surface area (Å²) in [5, 5.41) is 9.21. The number of pyridine rings is 1. The summed E-state index contributed by atoms with van der Waals surface area (Å²) in [6.07, 6.45) is 1.12. The summed E-state index contributed by atoms with van der Waals surface area (Å²) in [5.74, 6) is -0.144. The van der Waals surface area contributed by atoms with Gasteiger partial charge in [0.1, 0.15) is 16.9 Å². The molecule has 0 aliphatic carbocycles. The first-order chi connectivity index (χ1) is 20.7. The summed E-state index contributed by atoms with van der Waals surface area (Å²) in [7, 11) is 1.86. The van der Waals surface area contributed by atoms with E-state index in [9.17, 15) is 14.4 Å². The molecule has 5 aromatic rings. The molecule has 5 rings (SSSR count). The maximum absolute atomic E-state index is 13.7. The molecule has 0 saturated heterocycles. The average Bonchev–Trinajstić information content (AvgIpc) is 3.32. The van der Waals surface area contributed by atoms with Crippen LogP contribution in [0.2, 0.25) is 0 Å². The molecule has 0 saturated carbocycles. The molecule has 0 radical (unpaired) electrons. The third-order valence-corrected chi connectivity index (χ3v) is 7.04. The smallest absolute Gasteiger partial charge is 0.426 e. The van der Waals surface area contributed by atoms with Crippen LogP contribution in [0.1, 0.15) is 66.6 Å². The number of hydrazine groups is 1. The van der Waals surface area contributed by atoms with Crippen LogP contribution >= 0.6 is 0 Å². The lowest BCUT2D eigenvalue weighted by Crippen LogP contribution is -2.44. The maximum atomic E-state index is 13.7. The maximum Gasteiger partial charge on any atom is 0.426 e. The number of carbonyl (C=O) groups is 2. The van der Waals surface area contributed by atoms with E-state index in [4.69, 9.17) is 9.15 Å². The van der Waals surface area contributed by atoms with E-state index in [0.29, 0.717) is 33.7 Å². The van der Waals surface area contributed by atoms with Crippen molar-refractivity contribution < 1.29 is 18.7 Å². The van der Waals surface area contributed by atoms with Gasteiger partial charge in [-0.15, -0.1) is 0 Å². The SMILES string of the molecule is Cc1cc([C@@H](C)Nc2ccc(C)nc2C(=O)NNC(=O)OC(C)(C)C)c2oc(-c3ccc4nn(C)cc4c3)c(C)c(=O)c2c1.